The van der Waals surface area contributed by atoms with Gasteiger partial charge >= 0.3 is 0 Å². The van der Waals surface area contributed by atoms with Gasteiger partial charge in [-0.1, -0.05) is 63.4 Å². The number of fused-ring (bicyclic) bond motifs is 5. The normalized spacial score (nSPS) is 37.0. The van der Waals surface area contributed by atoms with Crippen molar-refractivity contribution in [3.63, 3.8) is 0 Å². The summed E-state index contributed by atoms with van der Waals surface area (Å²) in [6.07, 6.45) is 18.1. The maximum absolute atomic E-state index is 6.94. The largest absolute Gasteiger partial charge is 0.378 e. The summed E-state index contributed by atoms with van der Waals surface area (Å²) in [5, 5.41) is 0. The summed E-state index contributed by atoms with van der Waals surface area (Å²) in [5.41, 5.74) is 13.4. The molecule has 4 N–H and O–H groups in total. The van der Waals surface area contributed by atoms with Gasteiger partial charge in [0.1, 0.15) is 0 Å². The number of unbranched alkanes of at least 4 members (excludes halogenated alkanes) is 1. The standard InChI is InChI=1S/C35H58N4O/c1-34-20-9-7-14-27(34)16-18-29-30-19-17-28(15-8-10-22-39(3)25-26-12-5-4-6-13-26)35(30,2)32(24-31(29)34)40-23-11-21-38-33(36)37/h4-6,12-13,27-32H,7-11,14-25H2,1-3H3,(H4,36,37,38)/t27?,28-,29?,30-,31-,32-,34-,35+/m0/s1. The molecule has 0 aromatic heterocycles. The second kappa shape index (κ2) is 13.2. The second-order valence-electron chi connectivity index (χ2n) is 14.5. The molecule has 1 aromatic rings. The molecule has 4 fully saturated rings. The van der Waals surface area contributed by atoms with Crippen LogP contribution in [0.5, 0.6) is 0 Å². The number of ether oxygens (including phenoxy) is 1. The Morgan fingerprint density at radius 2 is 1.80 bits per heavy atom. The minimum atomic E-state index is 0.191. The number of rotatable bonds is 12. The summed E-state index contributed by atoms with van der Waals surface area (Å²) < 4.78 is 6.94. The molecular weight excluding hydrogens is 492 g/mol. The molecule has 4 aliphatic rings. The van der Waals surface area contributed by atoms with Crippen LogP contribution >= 0.6 is 0 Å². The van der Waals surface area contributed by atoms with E-state index in [0.29, 0.717) is 23.5 Å². The minimum absolute atomic E-state index is 0.191. The molecule has 4 saturated carbocycles. The first-order valence-corrected chi connectivity index (χ1v) is 16.7. The van der Waals surface area contributed by atoms with Crippen molar-refractivity contribution in [2.75, 3.05) is 26.7 Å². The van der Waals surface area contributed by atoms with Gasteiger partial charge in [0.05, 0.1) is 6.10 Å². The number of nitrogens with two attached hydrogens (primary N) is 2. The fourth-order valence-corrected chi connectivity index (χ4v) is 10.3. The lowest BCUT2D eigenvalue weighted by Crippen LogP contribution is -2.58. The summed E-state index contributed by atoms with van der Waals surface area (Å²) in [6.45, 7) is 9.01. The van der Waals surface area contributed by atoms with E-state index in [1.165, 1.54) is 89.2 Å². The Bertz CT molecular complexity index is 963. The highest BCUT2D eigenvalue weighted by atomic mass is 16.5. The number of benzene rings is 1. The van der Waals surface area contributed by atoms with E-state index < -0.39 is 0 Å². The van der Waals surface area contributed by atoms with Crippen LogP contribution in [0.25, 0.3) is 0 Å². The maximum atomic E-state index is 6.94. The highest BCUT2D eigenvalue weighted by molar-refractivity contribution is 5.75. The van der Waals surface area contributed by atoms with Gasteiger partial charge in [-0.2, -0.15) is 0 Å². The van der Waals surface area contributed by atoms with Crippen LogP contribution in [0.4, 0.5) is 0 Å². The Morgan fingerprint density at radius 1 is 0.975 bits per heavy atom. The average Bonchev–Trinajstić information content (AvgIpc) is 3.28. The molecular formula is C35H58N4O. The van der Waals surface area contributed by atoms with Crippen LogP contribution < -0.4 is 11.5 Å². The molecule has 0 heterocycles. The van der Waals surface area contributed by atoms with E-state index in [1.54, 1.807) is 0 Å². The minimum Gasteiger partial charge on any atom is -0.378 e. The van der Waals surface area contributed by atoms with Crippen LogP contribution in [-0.2, 0) is 11.3 Å². The summed E-state index contributed by atoms with van der Waals surface area (Å²) in [4.78, 5) is 6.71. The smallest absolute Gasteiger partial charge is 0.185 e. The summed E-state index contributed by atoms with van der Waals surface area (Å²) in [7, 11) is 2.27. The lowest BCUT2D eigenvalue weighted by molar-refractivity contribution is -0.181. The zero-order valence-corrected chi connectivity index (χ0v) is 25.8. The van der Waals surface area contributed by atoms with Gasteiger partial charge in [0.15, 0.2) is 5.96 Å². The summed E-state index contributed by atoms with van der Waals surface area (Å²) in [6, 6.07) is 10.9. The number of nitrogens with zero attached hydrogens (tertiary/aromatic N) is 2. The van der Waals surface area contributed by atoms with Gasteiger partial charge in [0, 0.05) is 19.7 Å². The molecule has 2 unspecified atom stereocenters. The lowest BCUT2D eigenvalue weighted by Gasteiger charge is -2.62. The van der Waals surface area contributed by atoms with Crippen molar-refractivity contribution in [3.05, 3.63) is 35.9 Å². The summed E-state index contributed by atoms with van der Waals surface area (Å²) >= 11 is 0. The molecule has 0 amide bonds. The summed E-state index contributed by atoms with van der Waals surface area (Å²) in [5.74, 6) is 4.51. The predicted molar refractivity (Wildman–Crippen MR) is 167 cm³/mol. The SMILES string of the molecule is CN(CCCC[C@H]1CC[C@H]2C3CCC4CCCC[C@]4(C)[C@H]3C[C@H](OCCCN=C(N)N)[C@]12C)Cc1ccccc1. The third-order valence-electron chi connectivity index (χ3n) is 12.4. The molecule has 40 heavy (non-hydrogen) atoms. The molecule has 5 nitrogen and oxygen atoms in total. The van der Waals surface area contributed by atoms with Crippen molar-refractivity contribution in [1.82, 2.24) is 4.90 Å². The van der Waals surface area contributed by atoms with Crippen LogP contribution in [0.1, 0.15) is 103 Å². The van der Waals surface area contributed by atoms with E-state index in [1.807, 2.05) is 0 Å². The fraction of sp³-hybridized carbons (Fsp3) is 0.800. The predicted octanol–water partition coefficient (Wildman–Crippen LogP) is 7.00. The zero-order chi connectivity index (χ0) is 28.2. The van der Waals surface area contributed by atoms with Crippen molar-refractivity contribution in [2.45, 2.75) is 110 Å². The Balaban J connectivity index is 1.23. The van der Waals surface area contributed by atoms with E-state index in [9.17, 15) is 0 Å². The third kappa shape index (κ3) is 6.26. The van der Waals surface area contributed by atoms with Crippen molar-refractivity contribution in [1.29, 1.82) is 0 Å². The van der Waals surface area contributed by atoms with E-state index >= 15 is 0 Å². The number of hydrogen-bond donors (Lipinski definition) is 2. The van der Waals surface area contributed by atoms with Gasteiger partial charge in [-0.25, -0.2) is 0 Å². The van der Waals surface area contributed by atoms with Gasteiger partial charge in [0.2, 0.25) is 0 Å². The van der Waals surface area contributed by atoms with Gasteiger partial charge in [-0.05, 0) is 124 Å². The van der Waals surface area contributed by atoms with E-state index in [2.05, 4.69) is 61.1 Å². The molecule has 0 aliphatic heterocycles. The molecule has 1 aromatic carbocycles. The Hall–Kier alpha value is -1.59. The Kier molecular flexibility index (Phi) is 9.83. The van der Waals surface area contributed by atoms with Gasteiger partial charge in [-0.15, -0.1) is 0 Å². The number of guanidine groups is 1. The molecule has 0 spiro atoms. The van der Waals surface area contributed by atoms with Crippen LogP contribution in [-0.4, -0.2) is 43.7 Å². The highest BCUT2D eigenvalue weighted by Gasteiger charge is 2.63. The van der Waals surface area contributed by atoms with Crippen molar-refractivity contribution in [3.8, 4) is 0 Å². The van der Waals surface area contributed by atoms with E-state index in [4.69, 9.17) is 16.2 Å². The molecule has 5 heteroatoms. The van der Waals surface area contributed by atoms with Crippen LogP contribution in [0.2, 0.25) is 0 Å². The maximum Gasteiger partial charge on any atom is 0.185 e. The van der Waals surface area contributed by atoms with Gasteiger partial charge < -0.3 is 21.1 Å². The fourth-order valence-electron chi connectivity index (χ4n) is 10.3. The van der Waals surface area contributed by atoms with Crippen molar-refractivity contribution >= 4 is 5.96 Å². The first-order chi connectivity index (χ1) is 19.3. The molecule has 224 valence electrons. The molecule has 4 aliphatic carbocycles. The van der Waals surface area contributed by atoms with E-state index in [-0.39, 0.29) is 5.96 Å². The molecule has 0 bridgehead atoms. The average molecular weight is 551 g/mol. The van der Waals surface area contributed by atoms with Crippen LogP contribution in [0.3, 0.4) is 0 Å². The zero-order valence-electron chi connectivity index (χ0n) is 25.8. The Morgan fingerprint density at radius 3 is 2.60 bits per heavy atom. The molecule has 8 atom stereocenters. The molecule has 0 saturated heterocycles. The van der Waals surface area contributed by atoms with Crippen molar-refractivity contribution in [2.24, 2.45) is 56.9 Å². The van der Waals surface area contributed by atoms with Crippen molar-refractivity contribution < 1.29 is 4.74 Å². The van der Waals surface area contributed by atoms with Gasteiger partial charge in [0.25, 0.3) is 0 Å². The number of aliphatic imine (C=N–C) groups is 1. The Labute approximate surface area is 244 Å². The van der Waals surface area contributed by atoms with E-state index in [0.717, 1.165) is 49.2 Å². The second-order valence-corrected chi connectivity index (χ2v) is 14.5. The third-order valence-corrected chi connectivity index (χ3v) is 12.4. The lowest BCUT2D eigenvalue weighted by atomic mass is 9.44. The molecule has 5 rings (SSSR count). The first kappa shape index (κ1) is 29.9. The number of hydrogen-bond acceptors (Lipinski definition) is 3. The van der Waals surface area contributed by atoms with Crippen LogP contribution in [0, 0.1) is 40.4 Å². The quantitative estimate of drug-likeness (QED) is 0.167. The highest BCUT2D eigenvalue weighted by Crippen LogP contribution is 2.68. The van der Waals surface area contributed by atoms with Crippen LogP contribution in [0.15, 0.2) is 35.3 Å². The monoisotopic (exact) mass is 550 g/mol. The van der Waals surface area contributed by atoms with Gasteiger partial charge in [-0.3, -0.25) is 4.99 Å². The topological polar surface area (TPSA) is 76.9 Å². The molecule has 0 radical (unpaired) electrons. The first-order valence-electron chi connectivity index (χ1n) is 16.7.